The number of primary amides is 1. The standard InChI is InChI=1S/C12H12ClN3O4S/c13-10-5-9(2-1-8(10)6-14)21(18,19)16-3-4-20-7-11(16)12(15)17/h1-2,5,11H,3-4,7H2,(H2,15,17). The summed E-state index contributed by atoms with van der Waals surface area (Å²) in [6.07, 6.45) is 0. The molecule has 1 heterocycles. The number of ether oxygens (including phenoxy) is 1. The number of morpholine rings is 1. The number of nitrogens with two attached hydrogens (primary N) is 1. The second kappa shape index (κ2) is 5.99. The van der Waals surface area contributed by atoms with Gasteiger partial charge < -0.3 is 10.5 Å². The third-order valence-electron chi connectivity index (χ3n) is 3.08. The lowest BCUT2D eigenvalue weighted by atomic mass is 10.2. The Hall–Kier alpha value is -1.66. The maximum absolute atomic E-state index is 12.6. The van der Waals surface area contributed by atoms with Crippen molar-refractivity contribution in [1.82, 2.24) is 4.31 Å². The first-order chi connectivity index (χ1) is 9.87. The Kier molecular flexibility index (Phi) is 4.49. The molecule has 0 aliphatic carbocycles. The van der Waals surface area contributed by atoms with Crippen LogP contribution in [0.5, 0.6) is 0 Å². The highest BCUT2D eigenvalue weighted by Crippen LogP contribution is 2.25. The predicted octanol–water partition coefficient (Wildman–Crippen LogP) is 0.0865. The molecule has 0 saturated carbocycles. The zero-order valence-electron chi connectivity index (χ0n) is 10.8. The zero-order valence-corrected chi connectivity index (χ0v) is 12.4. The van der Waals surface area contributed by atoms with Crippen LogP contribution in [0, 0.1) is 11.3 Å². The van der Waals surface area contributed by atoms with Gasteiger partial charge in [0.05, 0.1) is 28.7 Å². The summed E-state index contributed by atoms with van der Waals surface area (Å²) in [6.45, 7) is 0.110. The zero-order chi connectivity index (χ0) is 15.6. The highest BCUT2D eigenvalue weighted by molar-refractivity contribution is 7.89. The Bertz CT molecular complexity index is 714. The summed E-state index contributed by atoms with van der Waals surface area (Å²) in [5, 5.41) is 8.83. The van der Waals surface area contributed by atoms with Crippen molar-refractivity contribution in [3.05, 3.63) is 28.8 Å². The van der Waals surface area contributed by atoms with Gasteiger partial charge in [0.25, 0.3) is 0 Å². The summed E-state index contributed by atoms with van der Waals surface area (Å²) in [5.74, 6) is -0.780. The monoisotopic (exact) mass is 329 g/mol. The summed E-state index contributed by atoms with van der Waals surface area (Å²) < 4.78 is 31.2. The molecule has 0 bridgehead atoms. The van der Waals surface area contributed by atoms with Crippen LogP contribution < -0.4 is 5.73 Å². The first-order valence-corrected chi connectivity index (χ1v) is 7.78. The first kappa shape index (κ1) is 15.7. The molecule has 1 aromatic carbocycles. The summed E-state index contributed by atoms with van der Waals surface area (Å²) in [4.78, 5) is 11.3. The van der Waals surface area contributed by atoms with E-state index in [9.17, 15) is 13.2 Å². The Morgan fingerprint density at radius 1 is 1.52 bits per heavy atom. The quantitative estimate of drug-likeness (QED) is 0.844. The normalized spacial score (nSPS) is 19.9. The van der Waals surface area contributed by atoms with Gasteiger partial charge in [-0.25, -0.2) is 8.42 Å². The average Bonchev–Trinajstić information content (AvgIpc) is 2.47. The van der Waals surface area contributed by atoms with Gasteiger partial charge in [-0.3, -0.25) is 4.79 Å². The fourth-order valence-corrected chi connectivity index (χ4v) is 3.86. The fraction of sp³-hybridized carbons (Fsp3) is 0.333. The van der Waals surface area contributed by atoms with Crippen LogP contribution in [-0.2, 0) is 19.6 Å². The van der Waals surface area contributed by atoms with Gasteiger partial charge in [-0.2, -0.15) is 9.57 Å². The lowest BCUT2D eigenvalue weighted by Crippen LogP contribution is -2.54. The molecule has 1 aliphatic heterocycles. The molecule has 1 saturated heterocycles. The number of benzene rings is 1. The molecule has 0 radical (unpaired) electrons. The Morgan fingerprint density at radius 2 is 2.24 bits per heavy atom. The van der Waals surface area contributed by atoms with Crippen molar-refractivity contribution in [2.75, 3.05) is 19.8 Å². The van der Waals surface area contributed by atoms with Crippen molar-refractivity contribution >= 4 is 27.5 Å². The second-order valence-electron chi connectivity index (χ2n) is 4.36. The van der Waals surface area contributed by atoms with Crippen LogP contribution in [0.15, 0.2) is 23.1 Å². The summed E-state index contributed by atoms with van der Waals surface area (Å²) >= 11 is 5.85. The number of hydrogen-bond acceptors (Lipinski definition) is 5. The van der Waals surface area contributed by atoms with Crippen LogP contribution in [0.3, 0.4) is 0 Å². The molecule has 1 amide bonds. The number of rotatable bonds is 3. The van der Waals surface area contributed by atoms with Crippen molar-refractivity contribution < 1.29 is 17.9 Å². The van der Waals surface area contributed by atoms with Crippen molar-refractivity contribution in [2.24, 2.45) is 5.73 Å². The molecule has 1 aromatic rings. The molecule has 0 aromatic heterocycles. The van der Waals surface area contributed by atoms with Crippen LogP contribution in [-0.4, -0.2) is 44.4 Å². The Morgan fingerprint density at radius 3 is 2.81 bits per heavy atom. The van der Waals surface area contributed by atoms with Gasteiger partial charge in [-0.05, 0) is 18.2 Å². The van der Waals surface area contributed by atoms with Gasteiger partial charge in [0.1, 0.15) is 12.1 Å². The van der Waals surface area contributed by atoms with E-state index in [4.69, 9.17) is 27.3 Å². The molecule has 1 unspecified atom stereocenters. The van der Waals surface area contributed by atoms with E-state index in [0.29, 0.717) is 0 Å². The number of carbonyl (C=O) groups is 1. The van der Waals surface area contributed by atoms with E-state index < -0.39 is 22.0 Å². The molecule has 0 spiro atoms. The smallest absolute Gasteiger partial charge is 0.244 e. The maximum atomic E-state index is 12.6. The van der Waals surface area contributed by atoms with Crippen molar-refractivity contribution in [1.29, 1.82) is 5.26 Å². The van der Waals surface area contributed by atoms with Gasteiger partial charge in [0, 0.05) is 6.54 Å². The summed E-state index contributed by atoms with van der Waals surface area (Å²) in [5.41, 5.74) is 5.38. The number of halogens is 1. The average molecular weight is 330 g/mol. The summed E-state index contributed by atoms with van der Waals surface area (Å²) in [7, 11) is -3.95. The molecule has 1 aliphatic rings. The molecule has 21 heavy (non-hydrogen) atoms. The van der Waals surface area contributed by atoms with Crippen molar-refractivity contribution in [3.8, 4) is 6.07 Å². The van der Waals surface area contributed by atoms with Crippen LogP contribution in [0.2, 0.25) is 5.02 Å². The van der Waals surface area contributed by atoms with Gasteiger partial charge in [-0.15, -0.1) is 0 Å². The van der Waals surface area contributed by atoms with Gasteiger partial charge >= 0.3 is 0 Å². The minimum Gasteiger partial charge on any atom is -0.378 e. The van der Waals surface area contributed by atoms with Crippen LogP contribution in [0.1, 0.15) is 5.56 Å². The van der Waals surface area contributed by atoms with Crippen molar-refractivity contribution in [2.45, 2.75) is 10.9 Å². The predicted molar refractivity (Wildman–Crippen MR) is 73.9 cm³/mol. The van der Waals surface area contributed by atoms with Crippen molar-refractivity contribution in [3.63, 3.8) is 0 Å². The molecule has 7 nitrogen and oxygen atoms in total. The number of nitriles is 1. The molecule has 2 N–H and O–H groups in total. The minimum atomic E-state index is -3.95. The number of nitrogens with zero attached hydrogens (tertiary/aromatic N) is 2. The lowest BCUT2D eigenvalue weighted by Gasteiger charge is -2.32. The molecular weight excluding hydrogens is 318 g/mol. The lowest BCUT2D eigenvalue weighted by molar-refractivity contribution is -0.125. The Labute approximate surface area is 126 Å². The van der Waals surface area contributed by atoms with Gasteiger partial charge in [-0.1, -0.05) is 11.6 Å². The van der Waals surface area contributed by atoms with Crippen LogP contribution in [0.4, 0.5) is 0 Å². The van der Waals surface area contributed by atoms with E-state index in [1.165, 1.54) is 18.2 Å². The number of sulfonamides is 1. The topological polar surface area (TPSA) is 113 Å². The third kappa shape index (κ3) is 3.01. The van der Waals surface area contributed by atoms with E-state index >= 15 is 0 Å². The third-order valence-corrected chi connectivity index (χ3v) is 5.29. The van der Waals surface area contributed by atoms with Crippen LogP contribution >= 0.6 is 11.6 Å². The largest absolute Gasteiger partial charge is 0.378 e. The van der Waals surface area contributed by atoms with E-state index in [1.54, 1.807) is 0 Å². The Balaban J connectivity index is 2.43. The van der Waals surface area contributed by atoms with Gasteiger partial charge in [0.2, 0.25) is 15.9 Å². The number of amides is 1. The molecule has 1 fully saturated rings. The highest BCUT2D eigenvalue weighted by Gasteiger charge is 2.37. The molecule has 1 atom stereocenters. The highest BCUT2D eigenvalue weighted by atomic mass is 35.5. The summed E-state index contributed by atoms with van der Waals surface area (Å²) in [6, 6.07) is 4.56. The first-order valence-electron chi connectivity index (χ1n) is 5.96. The van der Waals surface area contributed by atoms with Gasteiger partial charge in [0.15, 0.2) is 0 Å². The minimum absolute atomic E-state index is 0.0214. The van der Waals surface area contributed by atoms with E-state index in [0.717, 1.165) is 4.31 Å². The van der Waals surface area contributed by atoms with E-state index in [-0.39, 0.29) is 35.2 Å². The van der Waals surface area contributed by atoms with E-state index in [2.05, 4.69) is 0 Å². The SMILES string of the molecule is N#Cc1ccc(S(=O)(=O)N2CCOCC2C(N)=O)cc1Cl. The number of carbonyl (C=O) groups excluding carboxylic acids is 1. The van der Waals surface area contributed by atoms with E-state index in [1.807, 2.05) is 6.07 Å². The van der Waals surface area contributed by atoms with Crippen LogP contribution in [0.25, 0.3) is 0 Å². The molecule has 112 valence electrons. The second-order valence-corrected chi connectivity index (χ2v) is 6.66. The molecule has 9 heteroatoms. The molecular formula is C12H12ClN3O4S. The maximum Gasteiger partial charge on any atom is 0.244 e. The number of hydrogen-bond donors (Lipinski definition) is 1. The molecule has 2 rings (SSSR count). The fourth-order valence-electron chi connectivity index (χ4n) is 1.98.